The number of ether oxygens (including phenoxy) is 1. The smallest absolute Gasteiger partial charge is 0.258 e. The van der Waals surface area contributed by atoms with Crippen LogP contribution in [-0.2, 0) is 6.54 Å². The number of fused-ring (bicyclic) bond motifs is 1. The SMILES string of the molecule is CC(C)c1ccc2c(=O)n(CCOc3ccc(N)cc3)ccc2c1. The van der Waals surface area contributed by atoms with Crippen molar-refractivity contribution in [1.82, 2.24) is 4.57 Å². The number of nitrogens with zero attached hydrogens (tertiary/aromatic N) is 1. The van der Waals surface area contributed by atoms with Gasteiger partial charge in [0.2, 0.25) is 0 Å². The third-order valence-corrected chi connectivity index (χ3v) is 4.15. The molecule has 2 N–H and O–H groups in total. The van der Waals surface area contributed by atoms with Crippen LogP contribution < -0.4 is 16.0 Å². The van der Waals surface area contributed by atoms with E-state index in [-0.39, 0.29) is 5.56 Å². The molecule has 24 heavy (non-hydrogen) atoms. The predicted octanol–water partition coefficient (Wildman–Crippen LogP) is 3.79. The summed E-state index contributed by atoms with van der Waals surface area (Å²) in [7, 11) is 0. The minimum Gasteiger partial charge on any atom is -0.492 e. The number of anilines is 1. The molecule has 2 aromatic carbocycles. The Morgan fingerprint density at radius 2 is 1.83 bits per heavy atom. The molecule has 0 amide bonds. The Hall–Kier alpha value is -2.75. The first-order valence-electron chi connectivity index (χ1n) is 8.16. The zero-order chi connectivity index (χ0) is 17.1. The molecule has 4 heteroatoms. The van der Waals surface area contributed by atoms with Crippen LogP contribution in [-0.4, -0.2) is 11.2 Å². The molecule has 0 unspecified atom stereocenters. The third-order valence-electron chi connectivity index (χ3n) is 4.15. The highest BCUT2D eigenvalue weighted by Gasteiger charge is 2.06. The van der Waals surface area contributed by atoms with Crippen LogP contribution in [0.15, 0.2) is 59.5 Å². The summed E-state index contributed by atoms with van der Waals surface area (Å²) >= 11 is 0. The largest absolute Gasteiger partial charge is 0.492 e. The number of rotatable bonds is 5. The molecule has 0 saturated carbocycles. The second-order valence-corrected chi connectivity index (χ2v) is 6.23. The summed E-state index contributed by atoms with van der Waals surface area (Å²) in [6.45, 7) is 5.23. The van der Waals surface area contributed by atoms with E-state index in [4.69, 9.17) is 10.5 Å². The number of benzene rings is 2. The van der Waals surface area contributed by atoms with E-state index in [0.717, 1.165) is 16.5 Å². The lowest BCUT2D eigenvalue weighted by atomic mass is 10.0. The Bertz CT molecular complexity index is 896. The monoisotopic (exact) mass is 322 g/mol. The second-order valence-electron chi connectivity index (χ2n) is 6.23. The van der Waals surface area contributed by atoms with Gasteiger partial charge in [-0.05, 0) is 53.3 Å². The topological polar surface area (TPSA) is 57.2 Å². The zero-order valence-electron chi connectivity index (χ0n) is 14.0. The molecule has 0 spiro atoms. The van der Waals surface area contributed by atoms with Gasteiger partial charge in [0.1, 0.15) is 12.4 Å². The average Bonchev–Trinajstić information content (AvgIpc) is 2.58. The van der Waals surface area contributed by atoms with E-state index in [9.17, 15) is 4.79 Å². The zero-order valence-corrected chi connectivity index (χ0v) is 14.0. The molecule has 0 saturated heterocycles. The van der Waals surface area contributed by atoms with Crippen molar-refractivity contribution in [3.8, 4) is 5.75 Å². The van der Waals surface area contributed by atoms with Crippen LogP contribution in [0.2, 0.25) is 0 Å². The Balaban J connectivity index is 1.75. The Kier molecular flexibility index (Phi) is 4.56. The maximum Gasteiger partial charge on any atom is 0.258 e. The third kappa shape index (κ3) is 3.43. The molecule has 0 aliphatic carbocycles. The van der Waals surface area contributed by atoms with Gasteiger partial charge in [-0.3, -0.25) is 4.79 Å². The van der Waals surface area contributed by atoms with Crippen LogP contribution in [0.25, 0.3) is 10.8 Å². The Morgan fingerprint density at radius 1 is 1.08 bits per heavy atom. The minimum absolute atomic E-state index is 0.0173. The Morgan fingerprint density at radius 3 is 2.54 bits per heavy atom. The molecule has 0 radical (unpaired) electrons. The van der Waals surface area contributed by atoms with Gasteiger partial charge in [0.05, 0.1) is 6.54 Å². The van der Waals surface area contributed by atoms with E-state index in [0.29, 0.717) is 24.8 Å². The van der Waals surface area contributed by atoms with E-state index in [1.54, 1.807) is 16.7 Å². The molecule has 1 heterocycles. The fraction of sp³-hybridized carbons (Fsp3) is 0.250. The van der Waals surface area contributed by atoms with Gasteiger partial charge in [-0.25, -0.2) is 0 Å². The van der Waals surface area contributed by atoms with Gasteiger partial charge >= 0.3 is 0 Å². The van der Waals surface area contributed by atoms with Gasteiger partial charge in [-0.2, -0.15) is 0 Å². The summed E-state index contributed by atoms with van der Waals surface area (Å²) in [6.07, 6.45) is 1.83. The van der Waals surface area contributed by atoms with Crippen molar-refractivity contribution in [3.63, 3.8) is 0 Å². The van der Waals surface area contributed by atoms with Crippen molar-refractivity contribution in [2.75, 3.05) is 12.3 Å². The molecule has 0 bridgehead atoms. The molecular formula is C20H22N2O2. The van der Waals surface area contributed by atoms with Crippen LogP contribution in [0.1, 0.15) is 25.3 Å². The van der Waals surface area contributed by atoms with Crippen molar-refractivity contribution in [2.45, 2.75) is 26.3 Å². The van der Waals surface area contributed by atoms with Gasteiger partial charge in [0.25, 0.3) is 5.56 Å². The standard InChI is InChI=1S/C20H22N2O2/c1-14(2)15-3-8-19-16(13-15)9-10-22(20(19)23)11-12-24-18-6-4-17(21)5-7-18/h3-10,13-14H,11-12,21H2,1-2H3. The van der Waals surface area contributed by atoms with Crippen LogP contribution in [0.3, 0.4) is 0 Å². The van der Waals surface area contributed by atoms with Gasteiger partial charge in [0.15, 0.2) is 0 Å². The number of hydrogen-bond acceptors (Lipinski definition) is 3. The predicted molar refractivity (Wildman–Crippen MR) is 98.6 cm³/mol. The first kappa shape index (κ1) is 16.1. The maximum atomic E-state index is 12.6. The second kappa shape index (κ2) is 6.79. The number of nitrogens with two attached hydrogens (primary N) is 1. The average molecular weight is 322 g/mol. The molecule has 0 aliphatic heterocycles. The molecule has 3 aromatic rings. The molecule has 124 valence electrons. The van der Waals surface area contributed by atoms with Crippen molar-refractivity contribution >= 4 is 16.5 Å². The first-order chi connectivity index (χ1) is 11.5. The van der Waals surface area contributed by atoms with Gasteiger partial charge in [-0.1, -0.05) is 26.0 Å². The van der Waals surface area contributed by atoms with Crippen molar-refractivity contribution < 1.29 is 4.74 Å². The van der Waals surface area contributed by atoms with E-state index in [1.165, 1.54) is 5.56 Å². The highest BCUT2D eigenvalue weighted by atomic mass is 16.5. The molecule has 0 fully saturated rings. The van der Waals surface area contributed by atoms with E-state index >= 15 is 0 Å². The number of aromatic nitrogens is 1. The van der Waals surface area contributed by atoms with E-state index in [1.807, 2.05) is 36.5 Å². The molecule has 1 aromatic heterocycles. The normalized spacial score (nSPS) is 11.1. The lowest BCUT2D eigenvalue weighted by Crippen LogP contribution is -2.22. The summed E-state index contributed by atoms with van der Waals surface area (Å²) < 4.78 is 7.36. The highest BCUT2D eigenvalue weighted by molar-refractivity contribution is 5.82. The van der Waals surface area contributed by atoms with Crippen molar-refractivity contribution in [1.29, 1.82) is 0 Å². The summed E-state index contributed by atoms with van der Waals surface area (Å²) in [4.78, 5) is 12.6. The van der Waals surface area contributed by atoms with Crippen LogP contribution in [0, 0.1) is 0 Å². The quantitative estimate of drug-likeness (QED) is 0.727. The summed E-state index contributed by atoms with van der Waals surface area (Å²) in [6, 6.07) is 15.3. The summed E-state index contributed by atoms with van der Waals surface area (Å²) in [5, 5.41) is 1.73. The molecule has 0 aliphatic rings. The first-order valence-corrected chi connectivity index (χ1v) is 8.16. The van der Waals surface area contributed by atoms with Gasteiger partial charge in [-0.15, -0.1) is 0 Å². The van der Waals surface area contributed by atoms with Crippen molar-refractivity contribution in [3.05, 3.63) is 70.6 Å². The highest BCUT2D eigenvalue weighted by Crippen LogP contribution is 2.19. The molecule has 0 atom stereocenters. The summed E-state index contributed by atoms with van der Waals surface area (Å²) in [5.41, 5.74) is 7.61. The van der Waals surface area contributed by atoms with Crippen molar-refractivity contribution in [2.24, 2.45) is 0 Å². The van der Waals surface area contributed by atoms with E-state index in [2.05, 4.69) is 19.9 Å². The molecule has 4 nitrogen and oxygen atoms in total. The Labute approximate surface area is 141 Å². The summed E-state index contributed by atoms with van der Waals surface area (Å²) in [5.74, 6) is 1.20. The molecule has 3 rings (SSSR count). The maximum absolute atomic E-state index is 12.6. The fourth-order valence-electron chi connectivity index (χ4n) is 2.67. The molecular weight excluding hydrogens is 300 g/mol. The van der Waals surface area contributed by atoms with Gasteiger partial charge in [0, 0.05) is 17.3 Å². The lowest BCUT2D eigenvalue weighted by Gasteiger charge is -2.11. The van der Waals surface area contributed by atoms with Gasteiger partial charge < -0.3 is 15.0 Å². The lowest BCUT2D eigenvalue weighted by molar-refractivity contribution is 0.297. The fourth-order valence-corrected chi connectivity index (χ4v) is 2.67. The van der Waals surface area contributed by atoms with Crippen LogP contribution >= 0.6 is 0 Å². The number of hydrogen-bond donors (Lipinski definition) is 1. The minimum atomic E-state index is 0.0173. The van der Waals surface area contributed by atoms with Crippen LogP contribution in [0.5, 0.6) is 5.75 Å². The van der Waals surface area contributed by atoms with Crippen LogP contribution in [0.4, 0.5) is 5.69 Å². The van der Waals surface area contributed by atoms with E-state index < -0.39 is 0 Å². The number of pyridine rings is 1. The number of nitrogen functional groups attached to an aromatic ring is 1.